The fourth-order valence-corrected chi connectivity index (χ4v) is 2.82. The van der Waals surface area contributed by atoms with Crippen LogP contribution in [0.3, 0.4) is 0 Å². The standard InChI is InChI=1S/C13H22N2S/c1-4-9(2)10(3)15-12(11-5-6-11)13-14-7-8-16-13/h7-12,15H,4-6H2,1-3H3. The summed E-state index contributed by atoms with van der Waals surface area (Å²) in [7, 11) is 0. The average molecular weight is 238 g/mol. The van der Waals surface area contributed by atoms with Crippen LogP contribution < -0.4 is 5.32 Å². The quantitative estimate of drug-likeness (QED) is 0.819. The van der Waals surface area contributed by atoms with Gasteiger partial charge in [-0.2, -0.15) is 0 Å². The predicted octanol–water partition coefficient (Wildman–Crippen LogP) is 3.62. The number of rotatable bonds is 6. The molecule has 2 nitrogen and oxygen atoms in total. The summed E-state index contributed by atoms with van der Waals surface area (Å²) < 4.78 is 0. The number of nitrogens with zero attached hydrogens (tertiary/aromatic N) is 1. The molecule has 0 amide bonds. The highest BCUT2D eigenvalue weighted by Crippen LogP contribution is 2.42. The van der Waals surface area contributed by atoms with Crippen LogP contribution in [-0.2, 0) is 0 Å². The van der Waals surface area contributed by atoms with Crippen molar-refractivity contribution < 1.29 is 0 Å². The molecule has 3 unspecified atom stereocenters. The monoisotopic (exact) mass is 238 g/mol. The van der Waals surface area contributed by atoms with Crippen molar-refractivity contribution in [1.82, 2.24) is 10.3 Å². The highest BCUT2D eigenvalue weighted by Gasteiger charge is 2.34. The van der Waals surface area contributed by atoms with Gasteiger partial charge in [-0.3, -0.25) is 0 Å². The molecule has 0 bridgehead atoms. The smallest absolute Gasteiger partial charge is 0.110 e. The maximum atomic E-state index is 4.47. The molecule has 1 aromatic heterocycles. The van der Waals surface area contributed by atoms with E-state index >= 15 is 0 Å². The minimum atomic E-state index is 0.504. The molecule has 3 atom stereocenters. The number of aromatic nitrogens is 1. The average Bonchev–Trinajstić information content (AvgIpc) is 2.99. The minimum Gasteiger partial charge on any atom is -0.305 e. The third-order valence-electron chi connectivity index (χ3n) is 3.75. The Hall–Kier alpha value is -0.410. The number of hydrogen-bond donors (Lipinski definition) is 1. The summed E-state index contributed by atoms with van der Waals surface area (Å²) in [4.78, 5) is 4.47. The normalized spacial score (nSPS) is 21.7. The van der Waals surface area contributed by atoms with Crippen LogP contribution in [0.5, 0.6) is 0 Å². The molecule has 1 fully saturated rings. The van der Waals surface area contributed by atoms with Gasteiger partial charge in [-0.05, 0) is 31.6 Å². The second-order valence-electron chi connectivity index (χ2n) is 5.03. The van der Waals surface area contributed by atoms with E-state index in [1.807, 2.05) is 6.20 Å². The Morgan fingerprint density at radius 3 is 2.75 bits per heavy atom. The lowest BCUT2D eigenvalue weighted by atomic mass is 9.99. The van der Waals surface area contributed by atoms with E-state index in [2.05, 4.69) is 36.5 Å². The van der Waals surface area contributed by atoms with Crippen LogP contribution >= 0.6 is 11.3 Å². The van der Waals surface area contributed by atoms with Gasteiger partial charge in [-0.15, -0.1) is 11.3 Å². The van der Waals surface area contributed by atoms with Gasteiger partial charge in [0, 0.05) is 17.6 Å². The Balaban J connectivity index is 1.98. The number of thiazole rings is 1. The SMILES string of the molecule is CCC(C)C(C)NC(c1nccs1)C1CC1. The van der Waals surface area contributed by atoms with E-state index in [1.165, 1.54) is 24.3 Å². The summed E-state index contributed by atoms with van der Waals surface area (Å²) >= 11 is 1.79. The van der Waals surface area contributed by atoms with Crippen LogP contribution in [0, 0.1) is 11.8 Å². The molecule has 1 N–H and O–H groups in total. The van der Waals surface area contributed by atoms with Crippen molar-refractivity contribution in [2.75, 3.05) is 0 Å². The van der Waals surface area contributed by atoms with Crippen LogP contribution in [-0.4, -0.2) is 11.0 Å². The molecule has 2 rings (SSSR count). The Kier molecular flexibility index (Phi) is 3.98. The van der Waals surface area contributed by atoms with E-state index in [0.717, 1.165) is 11.8 Å². The maximum Gasteiger partial charge on any atom is 0.110 e. The molecule has 0 aromatic carbocycles. The lowest BCUT2D eigenvalue weighted by Crippen LogP contribution is -2.36. The summed E-state index contributed by atoms with van der Waals surface area (Å²) in [6, 6.07) is 1.09. The summed E-state index contributed by atoms with van der Waals surface area (Å²) in [6.07, 6.45) is 5.89. The van der Waals surface area contributed by atoms with Gasteiger partial charge in [0.2, 0.25) is 0 Å². The lowest BCUT2D eigenvalue weighted by Gasteiger charge is -2.25. The Labute approximate surface area is 102 Å². The molecule has 1 heterocycles. The molecule has 0 radical (unpaired) electrons. The van der Waals surface area contributed by atoms with Crippen molar-refractivity contribution in [3.63, 3.8) is 0 Å². The van der Waals surface area contributed by atoms with Crippen LogP contribution in [0.2, 0.25) is 0 Å². The fourth-order valence-electron chi connectivity index (χ4n) is 2.03. The molecular weight excluding hydrogens is 216 g/mol. The number of hydrogen-bond acceptors (Lipinski definition) is 3. The zero-order chi connectivity index (χ0) is 11.5. The van der Waals surface area contributed by atoms with Gasteiger partial charge in [-0.25, -0.2) is 4.98 Å². The van der Waals surface area contributed by atoms with Crippen molar-refractivity contribution in [3.05, 3.63) is 16.6 Å². The molecular formula is C13H22N2S. The van der Waals surface area contributed by atoms with Gasteiger partial charge in [0.05, 0.1) is 6.04 Å². The largest absolute Gasteiger partial charge is 0.305 e. The summed E-state index contributed by atoms with van der Waals surface area (Å²) in [5.74, 6) is 1.57. The molecule has 1 aromatic rings. The molecule has 1 saturated carbocycles. The summed E-state index contributed by atoms with van der Waals surface area (Å²) in [5, 5.41) is 7.14. The molecule has 3 heteroatoms. The second kappa shape index (κ2) is 5.28. The number of nitrogens with one attached hydrogen (secondary N) is 1. The van der Waals surface area contributed by atoms with Gasteiger partial charge in [0.15, 0.2) is 0 Å². The maximum absolute atomic E-state index is 4.47. The predicted molar refractivity (Wildman–Crippen MR) is 69.6 cm³/mol. The van der Waals surface area contributed by atoms with E-state index in [9.17, 15) is 0 Å². The van der Waals surface area contributed by atoms with Crippen LogP contribution in [0.1, 0.15) is 51.1 Å². The topological polar surface area (TPSA) is 24.9 Å². The third-order valence-corrected chi connectivity index (χ3v) is 4.61. The van der Waals surface area contributed by atoms with Gasteiger partial charge >= 0.3 is 0 Å². The first kappa shape index (κ1) is 12.1. The third kappa shape index (κ3) is 2.83. The first-order valence-electron chi connectivity index (χ1n) is 6.37. The molecule has 0 spiro atoms. The lowest BCUT2D eigenvalue weighted by molar-refractivity contribution is 0.332. The van der Waals surface area contributed by atoms with Crippen molar-refractivity contribution in [2.45, 2.75) is 52.1 Å². The van der Waals surface area contributed by atoms with E-state index in [4.69, 9.17) is 0 Å². The molecule has 0 saturated heterocycles. The van der Waals surface area contributed by atoms with E-state index in [-0.39, 0.29) is 0 Å². The van der Waals surface area contributed by atoms with Gasteiger partial charge in [-0.1, -0.05) is 20.3 Å². The van der Waals surface area contributed by atoms with Crippen LogP contribution in [0.15, 0.2) is 11.6 Å². The first-order valence-corrected chi connectivity index (χ1v) is 7.25. The van der Waals surface area contributed by atoms with Gasteiger partial charge < -0.3 is 5.32 Å². The van der Waals surface area contributed by atoms with Gasteiger partial charge in [0.1, 0.15) is 5.01 Å². The second-order valence-corrected chi connectivity index (χ2v) is 5.95. The molecule has 0 aliphatic heterocycles. The molecule has 1 aliphatic rings. The Morgan fingerprint density at radius 2 is 2.25 bits per heavy atom. The summed E-state index contributed by atoms with van der Waals surface area (Å²) in [6.45, 7) is 6.89. The zero-order valence-corrected chi connectivity index (χ0v) is 11.3. The van der Waals surface area contributed by atoms with Crippen LogP contribution in [0.4, 0.5) is 0 Å². The van der Waals surface area contributed by atoms with Crippen molar-refractivity contribution in [3.8, 4) is 0 Å². The molecule has 16 heavy (non-hydrogen) atoms. The van der Waals surface area contributed by atoms with Crippen molar-refractivity contribution in [1.29, 1.82) is 0 Å². The van der Waals surface area contributed by atoms with E-state index in [1.54, 1.807) is 11.3 Å². The molecule has 90 valence electrons. The Bertz CT molecular complexity index is 306. The van der Waals surface area contributed by atoms with Gasteiger partial charge in [0.25, 0.3) is 0 Å². The first-order chi connectivity index (χ1) is 7.72. The van der Waals surface area contributed by atoms with E-state index < -0.39 is 0 Å². The Morgan fingerprint density at radius 1 is 1.50 bits per heavy atom. The fraction of sp³-hybridized carbons (Fsp3) is 0.769. The minimum absolute atomic E-state index is 0.504. The van der Waals surface area contributed by atoms with Crippen molar-refractivity contribution >= 4 is 11.3 Å². The summed E-state index contributed by atoms with van der Waals surface area (Å²) in [5.41, 5.74) is 0. The highest BCUT2D eigenvalue weighted by molar-refractivity contribution is 7.09. The van der Waals surface area contributed by atoms with Crippen molar-refractivity contribution in [2.24, 2.45) is 11.8 Å². The van der Waals surface area contributed by atoms with Crippen LogP contribution in [0.25, 0.3) is 0 Å². The zero-order valence-electron chi connectivity index (χ0n) is 10.4. The molecule has 1 aliphatic carbocycles. The highest BCUT2D eigenvalue weighted by atomic mass is 32.1. The van der Waals surface area contributed by atoms with E-state index in [0.29, 0.717) is 12.1 Å².